The van der Waals surface area contributed by atoms with Gasteiger partial charge in [0.25, 0.3) is 0 Å². The summed E-state index contributed by atoms with van der Waals surface area (Å²) in [6.07, 6.45) is 0. The molecule has 47 heavy (non-hydrogen) atoms. The van der Waals surface area contributed by atoms with Gasteiger partial charge in [-0.15, -0.1) is 0 Å². The second-order valence-electron chi connectivity index (χ2n) is 11.6. The van der Waals surface area contributed by atoms with Crippen molar-refractivity contribution >= 4 is 53.5 Å². The number of halogens is 3. The Hall–Kier alpha value is -4.22. The number of benzene rings is 7. The lowest BCUT2D eigenvalue weighted by Gasteiger charge is -2.37. The molecule has 0 bridgehead atoms. The van der Waals surface area contributed by atoms with Crippen molar-refractivity contribution in [1.29, 1.82) is 0 Å². The zero-order valence-electron chi connectivity index (χ0n) is 25.4. The van der Waals surface area contributed by atoms with Gasteiger partial charge in [0.15, 0.2) is 0 Å². The molecule has 0 heterocycles. The highest BCUT2D eigenvalue weighted by Crippen LogP contribution is 2.46. The van der Waals surface area contributed by atoms with Gasteiger partial charge in [0.05, 0.1) is 5.41 Å². The van der Waals surface area contributed by atoms with Gasteiger partial charge in [-0.1, -0.05) is 169 Å². The fraction of sp³-hybridized carbons (Fsp3) is 0.0233. The lowest BCUT2D eigenvalue weighted by molar-refractivity contribution is 0.745. The van der Waals surface area contributed by atoms with Crippen LogP contribution in [0.25, 0.3) is 33.4 Å². The quantitative estimate of drug-likeness (QED) is 0.126. The zero-order valence-corrected chi connectivity index (χ0v) is 30.1. The number of nitrogen functional groups attached to an aromatic ring is 1. The van der Waals surface area contributed by atoms with Crippen LogP contribution in [0.2, 0.25) is 0 Å². The molecule has 228 valence electrons. The number of nitrogens with two attached hydrogens (primary N) is 1. The Morgan fingerprint density at radius 2 is 0.468 bits per heavy atom. The van der Waals surface area contributed by atoms with E-state index in [9.17, 15) is 0 Å². The summed E-state index contributed by atoms with van der Waals surface area (Å²) in [6.45, 7) is 0. The van der Waals surface area contributed by atoms with Crippen LogP contribution in [0.5, 0.6) is 0 Å². The van der Waals surface area contributed by atoms with Crippen molar-refractivity contribution in [2.75, 3.05) is 5.73 Å². The minimum Gasteiger partial charge on any atom is -0.399 e. The first kappa shape index (κ1) is 31.4. The summed E-state index contributed by atoms with van der Waals surface area (Å²) in [5, 5.41) is 0. The molecule has 4 heteroatoms. The minimum atomic E-state index is -0.609. The molecule has 0 fully saturated rings. The first-order chi connectivity index (χ1) is 22.9. The Kier molecular flexibility index (Phi) is 9.00. The third-order valence-corrected chi connectivity index (χ3v) is 10.4. The summed E-state index contributed by atoms with van der Waals surface area (Å²) in [5.74, 6) is 0. The van der Waals surface area contributed by atoms with Crippen LogP contribution < -0.4 is 5.73 Å². The summed E-state index contributed by atoms with van der Waals surface area (Å²) in [6, 6.07) is 60.8. The van der Waals surface area contributed by atoms with E-state index in [0.717, 1.165) is 24.7 Å². The Morgan fingerprint density at radius 1 is 0.277 bits per heavy atom. The maximum absolute atomic E-state index is 6.26. The summed E-state index contributed by atoms with van der Waals surface area (Å²) < 4.78 is 3.20. The molecule has 2 N–H and O–H groups in total. The molecule has 7 aromatic carbocycles. The van der Waals surface area contributed by atoms with Crippen molar-refractivity contribution in [2.45, 2.75) is 5.41 Å². The summed E-state index contributed by atoms with van der Waals surface area (Å²) >= 11 is 10.7. The van der Waals surface area contributed by atoms with Crippen molar-refractivity contribution in [3.63, 3.8) is 0 Å². The van der Waals surface area contributed by atoms with Crippen LogP contribution in [0, 0.1) is 0 Å². The Bertz CT molecular complexity index is 1890. The Morgan fingerprint density at radius 3 is 0.702 bits per heavy atom. The van der Waals surface area contributed by atoms with Gasteiger partial charge in [-0.25, -0.2) is 0 Å². The number of anilines is 1. The van der Waals surface area contributed by atoms with E-state index in [4.69, 9.17) is 5.73 Å². The SMILES string of the molecule is Nc1ccc(C(c2ccc(-c3ccc(Br)cc3)cc2)(c2ccc(-c3ccc(Br)cc3)cc2)c2ccc(-c3ccc(Br)cc3)cc2)cc1. The molecule has 0 atom stereocenters. The number of hydrogen-bond donors (Lipinski definition) is 1. The van der Waals surface area contributed by atoms with Gasteiger partial charge in [-0.2, -0.15) is 0 Å². The van der Waals surface area contributed by atoms with Gasteiger partial charge in [0, 0.05) is 19.1 Å². The molecule has 0 radical (unpaired) electrons. The zero-order chi connectivity index (χ0) is 32.4. The minimum absolute atomic E-state index is 0.609. The van der Waals surface area contributed by atoms with Crippen LogP contribution in [-0.2, 0) is 5.41 Å². The average molecular weight is 800 g/mol. The second-order valence-corrected chi connectivity index (χ2v) is 14.4. The predicted molar refractivity (Wildman–Crippen MR) is 209 cm³/mol. The molecule has 7 rings (SSSR count). The van der Waals surface area contributed by atoms with Crippen LogP contribution in [0.1, 0.15) is 22.3 Å². The molecule has 0 saturated carbocycles. The van der Waals surface area contributed by atoms with Crippen LogP contribution in [-0.4, -0.2) is 0 Å². The van der Waals surface area contributed by atoms with Crippen LogP contribution >= 0.6 is 47.8 Å². The smallest absolute Gasteiger partial charge is 0.0701 e. The van der Waals surface area contributed by atoms with Crippen LogP contribution in [0.3, 0.4) is 0 Å². The average Bonchev–Trinajstić information content (AvgIpc) is 3.11. The monoisotopic (exact) mass is 797 g/mol. The van der Waals surface area contributed by atoms with Gasteiger partial charge < -0.3 is 5.73 Å². The highest BCUT2D eigenvalue weighted by Gasteiger charge is 2.38. The molecular weight excluding hydrogens is 770 g/mol. The van der Waals surface area contributed by atoms with E-state index in [1.165, 1.54) is 50.1 Å². The highest BCUT2D eigenvalue weighted by atomic mass is 79.9. The number of rotatable bonds is 7. The van der Waals surface area contributed by atoms with E-state index in [1.54, 1.807) is 0 Å². The topological polar surface area (TPSA) is 26.0 Å². The van der Waals surface area contributed by atoms with E-state index in [1.807, 2.05) is 12.1 Å². The van der Waals surface area contributed by atoms with Crippen molar-refractivity contribution in [3.05, 3.63) is 206 Å². The van der Waals surface area contributed by atoms with E-state index in [-0.39, 0.29) is 0 Å². The van der Waals surface area contributed by atoms with E-state index in [0.29, 0.717) is 0 Å². The first-order valence-corrected chi connectivity index (χ1v) is 17.7. The standard InChI is InChI=1S/C43H30Br3N/c44-39-21-7-32(8-22-39)29-1-13-35(14-2-29)43(38-19-27-42(47)28-20-38,36-15-3-30(4-16-36)33-9-23-40(45)24-10-33)37-17-5-31(6-18-37)34-11-25-41(46)26-12-34/h1-28H,47H2. The first-order valence-electron chi connectivity index (χ1n) is 15.4. The van der Waals surface area contributed by atoms with Crippen LogP contribution in [0.4, 0.5) is 5.69 Å². The normalized spacial score (nSPS) is 11.4. The molecular formula is C43H30Br3N. The van der Waals surface area contributed by atoms with Crippen molar-refractivity contribution < 1.29 is 0 Å². The second kappa shape index (κ2) is 13.5. The predicted octanol–water partition coefficient (Wildman–Crippen LogP) is 12.9. The molecule has 0 aliphatic heterocycles. The summed E-state index contributed by atoms with van der Waals surface area (Å²) in [4.78, 5) is 0. The van der Waals surface area contributed by atoms with Crippen molar-refractivity contribution in [3.8, 4) is 33.4 Å². The van der Waals surface area contributed by atoms with Gasteiger partial charge >= 0.3 is 0 Å². The molecule has 0 spiro atoms. The molecule has 1 nitrogen and oxygen atoms in total. The van der Waals surface area contributed by atoms with Gasteiger partial charge in [-0.05, 0) is 104 Å². The summed E-state index contributed by atoms with van der Waals surface area (Å²) in [7, 11) is 0. The highest BCUT2D eigenvalue weighted by molar-refractivity contribution is 9.11. The third kappa shape index (κ3) is 6.38. The molecule has 0 aromatic heterocycles. The largest absolute Gasteiger partial charge is 0.399 e. The summed E-state index contributed by atoms with van der Waals surface area (Å²) in [5.41, 5.74) is 18.1. The molecule has 0 unspecified atom stereocenters. The Labute approximate surface area is 301 Å². The third-order valence-electron chi connectivity index (χ3n) is 8.83. The van der Waals surface area contributed by atoms with E-state index in [2.05, 4.69) is 206 Å². The fourth-order valence-corrected chi connectivity index (χ4v) is 7.19. The van der Waals surface area contributed by atoms with Crippen LogP contribution in [0.15, 0.2) is 183 Å². The molecule has 0 aliphatic rings. The maximum Gasteiger partial charge on any atom is 0.0701 e. The van der Waals surface area contributed by atoms with Gasteiger partial charge in [0.1, 0.15) is 0 Å². The molecule has 0 aliphatic carbocycles. The number of hydrogen-bond acceptors (Lipinski definition) is 1. The maximum atomic E-state index is 6.26. The molecule has 0 amide bonds. The van der Waals surface area contributed by atoms with Crippen molar-refractivity contribution in [2.24, 2.45) is 0 Å². The van der Waals surface area contributed by atoms with E-state index >= 15 is 0 Å². The lowest BCUT2D eigenvalue weighted by atomic mass is 9.64. The van der Waals surface area contributed by atoms with Crippen molar-refractivity contribution in [1.82, 2.24) is 0 Å². The van der Waals surface area contributed by atoms with Gasteiger partial charge in [0.2, 0.25) is 0 Å². The van der Waals surface area contributed by atoms with Gasteiger partial charge in [-0.3, -0.25) is 0 Å². The fourth-order valence-electron chi connectivity index (χ4n) is 6.40. The van der Waals surface area contributed by atoms with E-state index < -0.39 is 5.41 Å². The Balaban J connectivity index is 1.43. The molecule has 7 aromatic rings. The lowest BCUT2D eigenvalue weighted by Crippen LogP contribution is -2.31. The molecule has 0 saturated heterocycles.